The Bertz CT molecular complexity index is 228. The molecular weight excluding hydrogens is 168 g/mol. The minimum atomic E-state index is -0.775. The molecule has 0 spiro atoms. The molecule has 0 amide bonds. The minimum absolute atomic E-state index is 0.0744. The topological polar surface area (TPSA) is 35.5 Å². The monoisotopic (exact) mass is 184 g/mol. The second kappa shape index (κ2) is 3.92. The summed E-state index contributed by atoms with van der Waals surface area (Å²) in [5.41, 5.74) is -0.775. The van der Waals surface area contributed by atoms with Crippen molar-refractivity contribution in [2.24, 2.45) is 0 Å². The smallest absolute Gasteiger partial charge is 0.228 e. The zero-order valence-corrected chi connectivity index (χ0v) is 8.42. The summed E-state index contributed by atoms with van der Waals surface area (Å²) in [6.45, 7) is 4.12. The van der Waals surface area contributed by atoms with Crippen LogP contribution in [0.3, 0.4) is 0 Å². The lowest BCUT2D eigenvalue weighted by Crippen LogP contribution is -2.36. The molecule has 74 valence electrons. The summed E-state index contributed by atoms with van der Waals surface area (Å²) in [5.74, 6) is 0.382. The van der Waals surface area contributed by atoms with Crippen molar-refractivity contribution in [2.45, 2.75) is 32.3 Å². The number of methoxy groups -OCH3 is 1. The predicted octanol–water partition coefficient (Wildman–Crippen LogP) is 1.67. The van der Waals surface area contributed by atoms with E-state index in [0.29, 0.717) is 12.4 Å². The van der Waals surface area contributed by atoms with Gasteiger partial charge in [0.1, 0.15) is 5.60 Å². The van der Waals surface area contributed by atoms with Gasteiger partial charge >= 0.3 is 0 Å². The van der Waals surface area contributed by atoms with Crippen LogP contribution in [0.2, 0.25) is 0 Å². The normalized spacial score (nSPS) is 17.6. The molecule has 0 fully saturated rings. The van der Waals surface area contributed by atoms with Gasteiger partial charge in [-0.3, -0.25) is 4.79 Å². The van der Waals surface area contributed by atoms with Crippen molar-refractivity contribution >= 4 is 5.78 Å². The fourth-order valence-electron chi connectivity index (χ4n) is 1.11. The van der Waals surface area contributed by atoms with Crippen molar-refractivity contribution in [3.05, 3.63) is 11.8 Å². The van der Waals surface area contributed by atoms with Crippen molar-refractivity contribution < 1.29 is 14.3 Å². The number of hydrogen-bond acceptors (Lipinski definition) is 3. The minimum Gasteiger partial charge on any atom is -0.490 e. The molecule has 0 atom stereocenters. The van der Waals surface area contributed by atoms with E-state index in [0.717, 1.165) is 12.8 Å². The Hall–Kier alpha value is -0.830. The Labute approximate surface area is 78.7 Å². The maximum absolute atomic E-state index is 11.7. The van der Waals surface area contributed by atoms with Crippen LogP contribution in [0.15, 0.2) is 11.8 Å². The zero-order valence-electron chi connectivity index (χ0n) is 8.42. The molecule has 0 aliphatic carbocycles. The Kier molecular flexibility index (Phi) is 3.09. The molecule has 1 aliphatic rings. The van der Waals surface area contributed by atoms with E-state index in [-0.39, 0.29) is 5.78 Å². The molecule has 0 unspecified atom stereocenters. The van der Waals surface area contributed by atoms with E-state index in [9.17, 15) is 4.79 Å². The maximum Gasteiger partial charge on any atom is 0.228 e. The quantitative estimate of drug-likeness (QED) is 0.669. The van der Waals surface area contributed by atoms with Crippen molar-refractivity contribution in [2.75, 3.05) is 13.7 Å². The first-order valence-corrected chi connectivity index (χ1v) is 4.51. The van der Waals surface area contributed by atoms with Crippen LogP contribution in [-0.2, 0) is 14.3 Å². The molecule has 13 heavy (non-hydrogen) atoms. The molecule has 1 heterocycles. The molecule has 0 aromatic heterocycles. The summed E-state index contributed by atoms with van der Waals surface area (Å²) in [5, 5.41) is 0. The van der Waals surface area contributed by atoms with Crippen LogP contribution >= 0.6 is 0 Å². The van der Waals surface area contributed by atoms with Crippen LogP contribution in [0.25, 0.3) is 0 Å². The van der Waals surface area contributed by atoms with Gasteiger partial charge in [-0.1, -0.05) is 0 Å². The van der Waals surface area contributed by atoms with Gasteiger partial charge in [0.2, 0.25) is 5.78 Å². The SMILES string of the molecule is COC(C)(C)C(=O)C1=CCCCO1. The molecular formula is C10H16O3. The highest BCUT2D eigenvalue weighted by Crippen LogP contribution is 2.19. The highest BCUT2D eigenvalue weighted by atomic mass is 16.5. The number of ketones is 1. The van der Waals surface area contributed by atoms with Crippen LogP contribution in [0.5, 0.6) is 0 Å². The summed E-state index contributed by atoms with van der Waals surface area (Å²) in [4.78, 5) is 11.7. The molecule has 0 bridgehead atoms. The van der Waals surface area contributed by atoms with Gasteiger partial charge in [0.05, 0.1) is 6.61 Å². The molecule has 1 aliphatic heterocycles. The Morgan fingerprint density at radius 1 is 1.62 bits per heavy atom. The first kappa shape index (κ1) is 10.3. The van der Waals surface area contributed by atoms with Crippen LogP contribution in [0.1, 0.15) is 26.7 Å². The van der Waals surface area contributed by atoms with E-state index in [1.807, 2.05) is 6.08 Å². The predicted molar refractivity (Wildman–Crippen MR) is 49.4 cm³/mol. The van der Waals surface area contributed by atoms with Crippen LogP contribution in [-0.4, -0.2) is 25.1 Å². The van der Waals surface area contributed by atoms with E-state index in [4.69, 9.17) is 9.47 Å². The van der Waals surface area contributed by atoms with E-state index in [2.05, 4.69) is 0 Å². The van der Waals surface area contributed by atoms with Crippen LogP contribution in [0, 0.1) is 0 Å². The number of Topliss-reactive ketones (excluding diaryl/α,β-unsaturated/α-hetero) is 1. The van der Waals surface area contributed by atoms with Crippen LogP contribution < -0.4 is 0 Å². The molecule has 0 aromatic rings. The van der Waals surface area contributed by atoms with Gasteiger partial charge in [0.25, 0.3) is 0 Å². The zero-order chi connectivity index (χ0) is 9.90. The third-order valence-electron chi connectivity index (χ3n) is 2.22. The lowest BCUT2D eigenvalue weighted by molar-refractivity contribution is -0.137. The first-order valence-electron chi connectivity index (χ1n) is 4.51. The van der Waals surface area contributed by atoms with Gasteiger partial charge in [-0.15, -0.1) is 0 Å². The first-order chi connectivity index (χ1) is 6.08. The molecule has 0 N–H and O–H groups in total. The molecule has 0 saturated heterocycles. The van der Waals surface area contributed by atoms with E-state index in [1.165, 1.54) is 7.11 Å². The fraction of sp³-hybridized carbons (Fsp3) is 0.700. The Morgan fingerprint density at radius 3 is 2.77 bits per heavy atom. The van der Waals surface area contributed by atoms with Crippen molar-refractivity contribution in [3.8, 4) is 0 Å². The van der Waals surface area contributed by atoms with Gasteiger partial charge in [-0.05, 0) is 32.8 Å². The largest absolute Gasteiger partial charge is 0.490 e. The molecule has 0 saturated carbocycles. The molecule has 0 aromatic carbocycles. The van der Waals surface area contributed by atoms with Gasteiger partial charge in [0.15, 0.2) is 5.76 Å². The van der Waals surface area contributed by atoms with Crippen LogP contribution in [0.4, 0.5) is 0 Å². The lowest BCUT2D eigenvalue weighted by atomic mass is 10.0. The van der Waals surface area contributed by atoms with Crippen molar-refractivity contribution in [1.82, 2.24) is 0 Å². The molecule has 0 radical (unpaired) electrons. The highest BCUT2D eigenvalue weighted by Gasteiger charge is 2.31. The standard InChI is InChI=1S/C10H16O3/c1-10(2,12-3)9(11)8-6-4-5-7-13-8/h6H,4-5,7H2,1-3H3. The Balaban J connectivity index is 2.71. The number of hydrogen-bond donors (Lipinski definition) is 0. The number of carbonyl (C=O) groups excluding carboxylic acids is 1. The molecule has 3 nitrogen and oxygen atoms in total. The van der Waals surface area contributed by atoms with Gasteiger partial charge in [0, 0.05) is 7.11 Å². The molecule has 1 rings (SSSR count). The summed E-state index contributed by atoms with van der Waals surface area (Å²) < 4.78 is 10.3. The van der Waals surface area contributed by atoms with Gasteiger partial charge in [-0.2, -0.15) is 0 Å². The van der Waals surface area contributed by atoms with Gasteiger partial charge in [-0.25, -0.2) is 0 Å². The fourth-order valence-corrected chi connectivity index (χ4v) is 1.11. The maximum atomic E-state index is 11.7. The van der Waals surface area contributed by atoms with E-state index in [1.54, 1.807) is 13.8 Å². The van der Waals surface area contributed by atoms with Crippen molar-refractivity contribution in [3.63, 3.8) is 0 Å². The van der Waals surface area contributed by atoms with E-state index >= 15 is 0 Å². The number of carbonyl (C=O) groups is 1. The number of allylic oxidation sites excluding steroid dienone is 1. The summed E-state index contributed by atoms with van der Waals surface area (Å²) in [6, 6.07) is 0. The summed E-state index contributed by atoms with van der Waals surface area (Å²) in [7, 11) is 1.53. The number of rotatable bonds is 3. The van der Waals surface area contributed by atoms with Crippen molar-refractivity contribution in [1.29, 1.82) is 0 Å². The third kappa shape index (κ3) is 2.31. The van der Waals surface area contributed by atoms with E-state index < -0.39 is 5.60 Å². The lowest BCUT2D eigenvalue weighted by Gasteiger charge is -2.24. The average molecular weight is 184 g/mol. The molecule has 3 heteroatoms. The summed E-state index contributed by atoms with van der Waals surface area (Å²) >= 11 is 0. The third-order valence-corrected chi connectivity index (χ3v) is 2.22. The summed E-state index contributed by atoms with van der Waals surface area (Å²) in [6.07, 6.45) is 3.75. The number of ether oxygens (including phenoxy) is 2. The highest BCUT2D eigenvalue weighted by molar-refractivity contribution is 5.99. The second-order valence-electron chi connectivity index (χ2n) is 3.60. The average Bonchev–Trinajstić information content (AvgIpc) is 2.18. The Morgan fingerprint density at radius 2 is 2.31 bits per heavy atom. The second-order valence-corrected chi connectivity index (χ2v) is 3.60. The van der Waals surface area contributed by atoms with Gasteiger partial charge < -0.3 is 9.47 Å².